The highest BCUT2D eigenvalue weighted by atomic mass is 16.3. The van der Waals surface area contributed by atoms with Crippen LogP contribution in [0.5, 0.6) is 11.5 Å². The van der Waals surface area contributed by atoms with Gasteiger partial charge < -0.3 is 21.7 Å². The summed E-state index contributed by atoms with van der Waals surface area (Å²) in [5.74, 6) is -2.18. The molecule has 0 spiro atoms. The second kappa shape index (κ2) is 8.64. The number of hydrogen-bond acceptors (Lipinski definition) is 9. The van der Waals surface area contributed by atoms with Gasteiger partial charge in [0.05, 0.1) is 34.9 Å². The molecule has 0 fully saturated rings. The van der Waals surface area contributed by atoms with Crippen LogP contribution in [0.15, 0.2) is 67.0 Å². The zero-order valence-corrected chi connectivity index (χ0v) is 18.3. The van der Waals surface area contributed by atoms with Gasteiger partial charge in [0.2, 0.25) is 0 Å². The molecule has 36 heavy (non-hydrogen) atoms. The largest absolute Gasteiger partial charge is 0.505 e. The Morgan fingerprint density at radius 3 is 1.47 bits per heavy atom. The molecule has 0 aliphatic heterocycles. The van der Waals surface area contributed by atoms with Crippen molar-refractivity contribution >= 4 is 11.8 Å². The summed E-state index contributed by atoms with van der Waals surface area (Å²) in [5, 5.41) is 37.0. The number of primary amides is 2. The Balaban J connectivity index is 1.47. The number of nitrogens with two attached hydrogens (primary N) is 2. The smallest absolute Gasteiger partial charge is 0.252 e. The standard InChI is InChI=1S/C23H17N9O4/c24-22(35)12-4-1-8-18(20(12)33)31-10-16(27-29-31)14-6-3-7-15(26-14)17-11-32(30-28-17)19-9-2-5-13(21(19)34)23(25)36/h1-11,33-34H,(H2,24,35)(H2,25,36). The second-order valence-electron chi connectivity index (χ2n) is 7.58. The van der Waals surface area contributed by atoms with Crippen LogP contribution in [-0.2, 0) is 0 Å². The fraction of sp³-hybridized carbons (Fsp3) is 0. The SMILES string of the molecule is NC(=O)c1cccc(-n2cc(-c3cccc(-c4cn(-c5cccc(C(N)=O)c5O)nn4)n3)nn2)c1O. The molecule has 0 atom stereocenters. The molecule has 0 aliphatic rings. The maximum atomic E-state index is 11.5. The number of amides is 2. The Hall–Kier alpha value is -5.59. The third-order valence-electron chi connectivity index (χ3n) is 5.31. The molecule has 13 nitrogen and oxygen atoms in total. The van der Waals surface area contributed by atoms with Crippen molar-refractivity contribution in [1.29, 1.82) is 0 Å². The summed E-state index contributed by atoms with van der Waals surface area (Å²) in [4.78, 5) is 27.6. The number of hydrogen-bond donors (Lipinski definition) is 4. The molecule has 0 bridgehead atoms. The lowest BCUT2D eigenvalue weighted by Gasteiger charge is -2.06. The van der Waals surface area contributed by atoms with E-state index in [4.69, 9.17) is 11.5 Å². The maximum Gasteiger partial charge on any atom is 0.252 e. The summed E-state index contributed by atoms with van der Waals surface area (Å²) in [6.45, 7) is 0. The zero-order chi connectivity index (χ0) is 25.4. The fourth-order valence-corrected chi connectivity index (χ4v) is 3.55. The lowest BCUT2D eigenvalue weighted by atomic mass is 10.1. The van der Waals surface area contributed by atoms with E-state index in [1.807, 2.05) is 0 Å². The van der Waals surface area contributed by atoms with E-state index >= 15 is 0 Å². The maximum absolute atomic E-state index is 11.5. The summed E-state index contributed by atoms with van der Waals surface area (Å²) < 4.78 is 2.60. The van der Waals surface area contributed by atoms with Crippen molar-refractivity contribution in [3.8, 4) is 45.6 Å². The number of aromatic hydroxyl groups is 2. The highest BCUT2D eigenvalue weighted by molar-refractivity contribution is 5.97. The highest BCUT2D eigenvalue weighted by Gasteiger charge is 2.17. The van der Waals surface area contributed by atoms with Crippen molar-refractivity contribution in [2.45, 2.75) is 0 Å². The van der Waals surface area contributed by atoms with E-state index in [1.165, 1.54) is 33.9 Å². The number of para-hydroxylation sites is 2. The molecule has 2 amide bonds. The lowest BCUT2D eigenvalue weighted by molar-refractivity contribution is 0.0989. The van der Waals surface area contributed by atoms with E-state index < -0.39 is 11.8 Å². The van der Waals surface area contributed by atoms with Gasteiger partial charge in [-0.2, -0.15) is 0 Å². The molecule has 13 heteroatoms. The molecule has 0 saturated carbocycles. The Morgan fingerprint density at radius 1 is 0.639 bits per heavy atom. The normalized spacial score (nSPS) is 10.9. The molecular formula is C23H17N9O4. The molecule has 3 aromatic heterocycles. The Bertz CT molecular complexity index is 1520. The molecule has 5 aromatic rings. The number of carbonyl (C=O) groups excluding carboxylic acids is 2. The second-order valence-corrected chi connectivity index (χ2v) is 7.58. The van der Waals surface area contributed by atoms with Crippen LogP contribution in [0.3, 0.4) is 0 Å². The monoisotopic (exact) mass is 483 g/mol. The quantitative estimate of drug-likeness (QED) is 0.273. The van der Waals surface area contributed by atoms with Crippen LogP contribution in [0, 0.1) is 0 Å². The summed E-state index contributed by atoms with van der Waals surface area (Å²) in [5.41, 5.74) is 12.6. The van der Waals surface area contributed by atoms with Crippen LogP contribution in [0.1, 0.15) is 20.7 Å². The van der Waals surface area contributed by atoms with Crippen molar-refractivity contribution in [2.24, 2.45) is 11.5 Å². The van der Waals surface area contributed by atoms with Gasteiger partial charge in [0.1, 0.15) is 22.8 Å². The summed E-state index contributed by atoms with van der Waals surface area (Å²) in [7, 11) is 0. The first-order valence-corrected chi connectivity index (χ1v) is 10.4. The first kappa shape index (κ1) is 22.2. The first-order valence-electron chi connectivity index (χ1n) is 10.4. The van der Waals surface area contributed by atoms with Gasteiger partial charge in [-0.15, -0.1) is 10.2 Å². The van der Waals surface area contributed by atoms with Crippen molar-refractivity contribution < 1.29 is 19.8 Å². The summed E-state index contributed by atoms with van der Waals surface area (Å²) in [6, 6.07) is 14.2. The number of nitrogens with zero attached hydrogens (tertiary/aromatic N) is 7. The van der Waals surface area contributed by atoms with Crippen LogP contribution < -0.4 is 11.5 Å². The minimum atomic E-state index is -0.772. The third-order valence-corrected chi connectivity index (χ3v) is 5.31. The summed E-state index contributed by atoms with van der Waals surface area (Å²) >= 11 is 0. The molecular weight excluding hydrogens is 466 g/mol. The van der Waals surface area contributed by atoms with Crippen LogP contribution in [-0.4, -0.2) is 57.0 Å². The van der Waals surface area contributed by atoms with Gasteiger partial charge in [-0.3, -0.25) is 9.59 Å². The average molecular weight is 483 g/mol. The molecule has 2 aromatic carbocycles. The van der Waals surface area contributed by atoms with E-state index in [0.717, 1.165) is 0 Å². The molecule has 178 valence electrons. The predicted molar refractivity (Wildman–Crippen MR) is 125 cm³/mol. The van der Waals surface area contributed by atoms with E-state index in [1.54, 1.807) is 42.5 Å². The van der Waals surface area contributed by atoms with Crippen molar-refractivity contribution in [3.63, 3.8) is 0 Å². The van der Waals surface area contributed by atoms with Crippen molar-refractivity contribution in [1.82, 2.24) is 35.0 Å². The Labute approximate surface area is 202 Å². The van der Waals surface area contributed by atoms with Crippen molar-refractivity contribution in [3.05, 3.63) is 78.1 Å². The fourth-order valence-electron chi connectivity index (χ4n) is 3.55. The molecule has 5 rings (SSSR count). The zero-order valence-electron chi connectivity index (χ0n) is 18.3. The van der Waals surface area contributed by atoms with Gasteiger partial charge in [-0.1, -0.05) is 28.6 Å². The topological polar surface area (TPSA) is 201 Å². The molecule has 0 saturated heterocycles. The van der Waals surface area contributed by atoms with Gasteiger partial charge in [0, 0.05) is 0 Å². The van der Waals surface area contributed by atoms with E-state index in [0.29, 0.717) is 22.8 Å². The van der Waals surface area contributed by atoms with Gasteiger partial charge in [-0.25, -0.2) is 14.3 Å². The summed E-state index contributed by atoms with van der Waals surface area (Å²) in [6.07, 6.45) is 3.08. The predicted octanol–water partition coefficient (Wildman–Crippen LogP) is 1.19. The van der Waals surface area contributed by atoms with Crippen LogP contribution in [0.2, 0.25) is 0 Å². The van der Waals surface area contributed by atoms with Crippen molar-refractivity contribution in [2.75, 3.05) is 0 Å². The van der Waals surface area contributed by atoms with E-state index in [-0.39, 0.29) is 34.0 Å². The van der Waals surface area contributed by atoms with Crippen LogP contribution >= 0.6 is 0 Å². The number of aromatic nitrogens is 7. The van der Waals surface area contributed by atoms with Crippen LogP contribution in [0.4, 0.5) is 0 Å². The van der Waals surface area contributed by atoms with Gasteiger partial charge in [0.15, 0.2) is 11.5 Å². The van der Waals surface area contributed by atoms with Gasteiger partial charge in [-0.05, 0) is 36.4 Å². The van der Waals surface area contributed by atoms with E-state index in [9.17, 15) is 19.8 Å². The molecule has 3 heterocycles. The minimum absolute atomic E-state index is 0.0415. The first-order chi connectivity index (χ1) is 17.3. The number of pyridine rings is 1. The molecule has 6 N–H and O–H groups in total. The Morgan fingerprint density at radius 2 is 1.06 bits per heavy atom. The van der Waals surface area contributed by atoms with Crippen LogP contribution in [0.25, 0.3) is 34.2 Å². The molecule has 0 aliphatic carbocycles. The third kappa shape index (κ3) is 3.86. The number of benzene rings is 2. The number of rotatable bonds is 6. The van der Waals surface area contributed by atoms with E-state index in [2.05, 4.69) is 25.6 Å². The Kier molecular flexibility index (Phi) is 5.33. The lowest BCUT2D eigenvalue weighted by Crippen LogP contribution is -2.12. The van der Waals surface area contributed by atoms with Gasteiger partial charge >= 0.3 is 0 Å². The van der Waals surface area contributed by atoms with Gasteiger partial charge in [0.25, 0.3) is 11.8 Å². The number of phenols is 2. The minimum Gasteiger partial charge on any atom is -0.505 e. The number of carbonyl (C=O) groups is 2. The molecule has 0 radical (unpaired) electrons. The molecule has 0 unspecified atom stereocenters. The average Bonchev–Trinajstić information content (AvgIpc) is 3.55. The highest BCUT2D eigenvalue weighted by Crippen LogP contribution is 2.28.